The molecule has 0 spiro atoms. The van der Waals surface area contributed by atoms with Crippen LogP contribution in [0.25, 0.3) is 11.1 Å². The SMILES string of the molecule is O=C(Nc1ccc(-c2ccccc2)cn1)C1(c2ccccc2)CC1. The number of nitrogens with one attached hydrogen (secondary N) is 1. The maximum Gasteiger partial charge on any atom is 0.236 e. The first-order valence-corrected chi connectivity index (χ1v) is 8.16. The summed E-state index contributed by atoms with van der Waals surface area (Å²) in [6.45, 7) is 0. The molecule has 0 aliphatic heterocycles. The molecule has 1 fully saturated rings. The molecule has 1 aliphatic carbocycles. The summed E-state index contributed by atoms with van der Waals surface area (Å²) in [5.74, 6) is 0.635. The second-order valence-corrected chi connectivity index (χ2v) is 6.20. The molecular weight excluding hydrogens is 296 g/mol. The van der Waals surface area contributed by atoms with Gasteiger partial charge in [-0.1, -0.05) is 60.7 Å². The van der Waals surface area contributed by atoms with Crippen molar-refractivity contribution in [2.75, 3.05) is 5.32 Å². The summed E-state index contributed by atoms with van der Waals surface area (Å²) < 4.78 is 0. The molecule has 3 heteroatoms. The number of anilines is 1. The molecule has 3 aromatic rings. The summed E-state index contributed by atoms with van der Waals surface area (Å²) in [5.41, 5.74) is 2.87. The van der Waals surface area contributed by atoms with Crippen LogP contribution >= 0.6 is 0 Å². The summed E-state index contributed by atoms with van der Waals surface area (Å²) in [4.78, 5) is 17.1. The highest BCUT2D eigenvalue weighted by atomic mass is 16.2. The topological polar surface area (TPSA) is 42.0 Å². The fourth-order valence-corrected chi connectivity index (χ4v) is 3.03. The van der Waals surface area contributed by atoms with E-state index in [1.807, 2.05) is 72.8 Å². The molecule has 1 amide bonds. The van der Waals surface area contributed by atoms with Crippen molar-refractivity contribution in [2.45, 2.75) is 18.3 Å². The van der Waals surface area contributed by atoms with Crippen LogP contribution in [-0.4, -0.2) is 10.9 Å². The van der Waals surface area contributed by atoms with Crippen molar-refractivity contribution in [1.82, 2.24) is 4.98 Å². The molecule has 4 rings (SSSR count). The number of nitrogens with zero attached hydrogens (tertiary/aromatic N) is 1. The van der Waals surface area contributed by atoms with Crippen molar-refractivity contribution in [3.63, 3.8) is 0 Å². The molecule has 24 heavy (non-hydrogen) atoms. The first-order chi connectivity index (χ1) is 11.8. The van der Waals surface area contributed by atoms with Crippen molar-refractivity contribution >= 4 is 11.7 Å². The van der Waals surface area contributed by atoms with Gasteiger partial charge in [0, 0.05) is 11.8 Å². The van der Waals surface area contributed by atoms with Crippen LogP contribution in [0.1, 0.15) is 18.4 Å². The normalized spacial score (nSPS) is 14.8. The van der Waals surface area contributed by atoms with Crippen LogP contribution in [0.4, 0.5) is 5.82 Å². The average molecular weight is 314 g/mol. The Morgan fingerprint density at radius 2 is 1.50 bits per heavy atom. The Bertz CT molecular complexity index is 838. The lowest BCUT2D eigenvalue weighted by Gasteiger charge is -2.15. The maximum absolute atomic E-state index is 12.7. The van der Waals surface area contributed by atoms with Gasteiger partial charge in [-0.3, -0.25) is 4.79 Å². The first kappa shape index (κ1) is 14.6. The predicted molar refractivity (Wildman–Crippen MR) is 95.7 cm³/mol. The Hall–Kier alpha value is -2.94. The highest BCUT2D eigenvalue weighted by Gasteiger charge is 2.51. The number of pyridine rings is 1. The van der Waals surface area contributed by atoms with Crippen molar-refractivity contribution < 1.29 is 4.79 Å². The van der Waals surface area contributed by atoms with Gasteiger partial charge in [0.1, 0.15) is 5.82 Å². The van der Waals surface area contributed by atoms with E-state index in [1.165, 1.54) is 0 Å². The summed E-state index contributed by atoms with van der Waals surface area (Å²) in [6.07, 6.45) is 3.59. The third-order valence-electron chi connectivity index (χ3n) is 4.62. The van der Waals surface area contributed by atoms with E-state index in [1.54, 1.807) is 6.20 Å². The van der Waals surface area contributed by atoms with Gasteiger partial charge in [-0.25, -0.2) is 4.98 Å². The average Bonchev–Trinajstić information content (AvgIpc) is 3.46. The zero-order valence-corrected chi connectivity index (χ0v) is 13.3. The third-order valence-corrected chi connectivity index (χ3v) is 4.62. The zero-order chi connectivity index (χ0) is 16.4. The summed E-state index contributed by atoms with van der Waals surface area (Å²) >= 11 is 0. The summed E-state index contributed by atoms with van der Waals surface area (Å²) in [6, 6.07) is 23.9. The standard InChI is InChI=1S/C21H18N2O/c24-20(21(13-14-21)18-9-5-2-6-10-18)23-19-12-11-17(15-22-19)16-7-3-1-4-8-16/h1-12,15H,13-14H2,(H,22,23,24). The Kier molecular flexibility index (Phi) is 3.62. The molecule has 0 atom stereocenters. The predicted octanol–water partition coefficient (Wildman–Crippen LogP) is 4.42. The van der Waals surface area contributed by atoms with Gasteiger partial charge >= 0.3 is 0 Å². The number of carbonyl (C=O) groups excluding carboxylic acids is 1. The Morgan fingerprint density at radius 1 is 0.833 bits per heavy atom. The highest BCUT2D eigenvalue weighted by Crippen LogP contribution is 2.48. The molecule has 0 radical (unpaired) electrons. The molecule has 1 aromatic heterocycles. The molecule has 118 valence electrons. The smallest absolute Gasteiger partial charge is 0.236 e. The minimum Gasteiger partial charge on any atom is -0.310 e. The number of amides is 1. The van der Waals surface area contributed by atoms with Crippen LogP contribution in [0.2, 0.25) is 0 Å². The van der Waals surface area contributed by atoms with Crippen LogP contribution < -0.4 is 5.32 Å². The number of aromatic nitrogens is 1. The second-order valence-electron chi connectivity index (χ2n) is 6.20. The van der Waals surface area contributed by atoms with Gasteiger partial charge < -0.3 is 5.32 Å². The molecule has 0 unspecified atom stereocenters. The molecule has 0 bridgehead atoms. The van der Waals surface area contributed by atoms with Gasteiger partial charge in [-0.15, -0.1) is 0 Å². The largest absolute Gasteiger partial charge is 0.310 e. The van der Waals surface area contributed by atoms with E-state index in [0.717, 1.165) is 29.5 Å². The number of hydrogen-bond acceptors (Lipinski definition) is 2. The fraction of sp³-hybridized carbons (Fsp3) is 0.143. The van der Waals surface area contributed by atoms with Gasteiger partial charge in [0.2, 0.25) is 5.91 Å². The molecule has 1 heterocycles. The van der Waals surface area contributed by atoms with Crippen LogP contribution in [0.15, 0.2) is 79.0 Å². The molecule has 3 nitrogen and oxygen atoms in total. The van der Waals surface area contributed by atoms with E-state index in [-0.39, 0.29) is 11.3 Å². The van der Waals surface area contributed by atoms with Crippen LogP contribution in [0.3, 0.4) is 0 Å². The van der Waals surface area contributed by atoms with Crippen LogP contribution in [0, 0.1) is 0 Å². The lowest BCUT2D eigenvalue weighted by molar-refractivity contribution is -0.118. The van der Waals surface area contributed by atoms with Gasteiger partial charge in [0.25, 0.3) is 0 Å². The summed E-state index contributed by atoms with van der Waals surface area (Å²) in [5, 5.41) is 2.97. The quantitative estimate of drug-likeness (QED) is 0.774. The van der Waals surface area contributed by atoms with E-state index in [2.05, 4.69) is 10.3 Å². The second kappa shape index (κ2) is 5.93. The Morgan fingerprint density at radius 3 is 2.08 bits per heavy atom. The molecule has 1 aliphatic rings. The van der Waals surface area contributed by atoms with E-state index >= 15 is 0 Å². The van der Waals surface area contributed by atoms with Crippen molar-refractivity contribution in [3.8, 4) is 11.1 Å². The molecular formula is C21H18N2O. The monoisotopic (exact) mass is 314 g/mol. The van der Waals surface area contributed by atoms with E-state index in [4.69, 9.17) is 0 Å². The third kappa shape index (κ3) is 2.69. The minimum atomic E-state index is -0.374. The van der Waals surface area contributed by atoms with Crippen molar-refractivity contribution in [1.29, 1.82) is 0 Å². The van der Waals surface area contributed by atoms with E-state index in [9.17, 15) is 4.79 Å². The molecule has 1 N–H and O–H groups in total. The van der Waals surface area contributed by atoms with Crippen LogP contribution in [-0.2, 0) is 10.2 Å². The highest BCUT2D eigenvalue weighted by molar-refractivity contribution is 6.00. The van der Waals surface area contributed by atoms with Gasteiger partial charge in [-0.05, 0) is 36.1 Å². The molecule has 2 aromatic carbocycles. The Labute approximate surface area is 141 Å². The molecule has 1 saturated carbocycles. The van der Waals surface area contributed by atoms with Gasteiger partial charge in [0.05, 0.1) is 5.41 Å². The fourth-order valence-electron chi connectivity index (χ4n) is 3.03. The number of benzene rings is 2. The van der Waals surface area contributed by atoms with E-state index in [0.29, 0.717) is 5.82 Å². The number of rotatable bonds is 4. The van der Waals surface area contributed by atoms with E-state index < -0.39 is 0 Å². The number of hydrogen-bond donors (Lipinski definition) is 1. The Balaban J connectivity index is 1.51. The number of carbonyl (C=O) groups is 1. The lowest BCUT2D eigenvalue weighted by Crippen LogP contribution is -2.28. The first-order valence-electron chi connectivity index (χ1n) is 8.16. The minimum absolute atomic E-state index is 0.0358. The van der Waals surface area contributed by atoms with Crippen LogP contribution in [0.5, 0.6) is 0 Å². The molecule has 0 saturated heterocycles. The lowest BCUT2D eigenvalue weighted by atomic mass is 9.95. The summed E-state index contributed by atoms with van der Waals surface area (Å²) in [7, 11) is 0. The van der Waals surface area contributed by atoms with Crippen molar-refractivity contribution in [3.05, 3.63) is 84.6 Å². The zero-order valence-electron chi connectivity index (χ0n) is 13.3. The van der Waals surface area contributed by atoms with Gasteiger partial charge in [-0.2, -0.15) is 0 Å². The van der Waals surface area contributed by atoms with Crippen molar-refractivity contribution in [2.24, 2.45) is 0 Å². The van der Waals surface area contributed by atoms with Gasteiger partial charge in [0.15, 0.2) is 0 Å². The maximum atomic E-state index is 12.7.